The van der Waals surface area contributed by atoms with Crippen LogP contribution in [0.25, 0.3) is 0 Å². The van der Waals surface area contributed by atoms with Crippen molar-refractivity contribution >= 4 is 23.3 Å². The number of urea groups is 1. The zero-order chi connectivity index (χ0) is 14.5. The van der Waals surface area contributed by atoms with Gasteiger partial charge in [-0.2, -0.15) is 5.26 Å². The Balaban J connectivity index is 2.25. The van der Waals surface area contributed by atoms with Crippen LogP contribution in [-0.2, 0) is 4.79 Å². The Kier molecular flexibility index (Phi) is 4.20. The molecule has 1 aromatic rings. The van der Waals surface area contributed by atoms with E-state index in [-0.39, 0.29) is 18.4 Å². The van der Waals surface area contributed by atoms with E-state index in [1.165, 1.54) is 0 Å². The van der Waals surface area contributed by atoms with Crippen molar-refractivity contribution in [2.75, 3.05) is 23.3 Å². The molecular formula is C14H16N4O2. The average Bonchev–Trinajstić information content (AvgIpc) is 2.42. The third kappa shape index (κ3) is 2.88. The molecule has 6 nitrogen and oxygen atoms in total. The lowest BCUT2D eigenvalue weighted by atomic mass is 10.1. The van der Waals surface area contributed by atoms with Gasteiger partial charge in [-0.25, -0.2) is 4.79 Å². The minimum Gasteiger partial charge on any atom is -0.338 e. The summed E-state index contributed by atoms with van der Waals surface area (Å²) in [6.07, 6.45) is 0.698. The van der Waals surface area contributed by atoms with Crippen molar-refractivity contribution in [3.63, 3.8) is 0 Å². The molecule has 2 rings (SSSR count). The van der Waals surface area contributed by atoms with E-state index in [4.69, 9.17) is 5.26 Å². The van der Waals surface area contributed by atoms with Crippen LogP contribution >= 0.6 is 0 Å². The number of carbonyl (C=O) groups excluding carboxylic acids is 2. The predicted octanol–water partition coefficient (Wildman–Crippen LogP) is 1.77. The summed E-state index contributed by atoms with van der Waals surface area (Å²) in [5.41, 5.74) is 2.22. The van der Waals surface area contributed by atoms with E-state index < -0.39 is 0 Å². The molecule has 0 atom stereocenters. The van der Waals surface area contributed by atoms with E-state index in [1.54, 1.807) is 23.1 Å². The van der Waals surface area contributed by atoms with E-state index in [0.717, 1.165) is 17.7 Å². The molecule has 104 valence electrons. The highest BCUT2D eigenvalue weighted by molar-refractivity contribution is 5.97. The average molecular weight is 272 g/mol. The molecule has 0 bridgehead atoms. The summed E-state index contributed by atoms with van der Waals surface area (Å²) >= 11 is 0. The first-order chi connectivity index (χ1) is 9.63. The van der Waals surface area contributed by atoms with Gasteiger partial charge in [-0.3, -0.25) is 9.69 Å². The largest absolute Gasteiger partial charge is 0.338 e. The molecule has 1 aliphatic rings. The van der Waals surface area contributed by atoms with Crippen LogP contribution in [0.4, 0.5) is 16.2 Å². The van der Waals surface area contributed by atoms with Gasteiger partial charge in [0.1, 0.15) is 6.42 Å². The van der Waals surface area contributed by atoms with Crippen molar-refractivity contribution in [3.05, 3.63) is 23.8 Å². The fraction of sp³-hybridized carbons (Fsp3) is 0.357. The molecular weight excluding hydrogens is 256 g/mol. The normalized spacial score (nSPS) is 14.4. The Morgan fingerprint density at radius 2 is 2.35 bits per heavy atom. The Labute approximate surface area is 117 Å². The van der Waals surface area contributed by atoms with Crippen LogP contribution in [0.5, 0.6) is 0 Å². The summed E-state index contributed by atoms with van der Waals surface area (Å²) in [4.78, 5) is 25.0. The van der Waals surface area contributed by atoms with Crippen LogP contribution in [0.1, 0.15) is 18.4 Å². The standard InChI is InChI=1S/C14H16N4O2/c1-10-11(17-13(19)6-7-15)4-2-5-12(10)18-9-3-8-16-14(18)20/h2,4-5H,3,6,8-9H2,1H3,(H,16,20)(H,17,19). The highest BCUT2D eigenvalue weighted by atomic mass is 16.2. The van der Waals surface area contributed by atoms with E-state index in [0.29, 0.717) is 18.8 Å². The maximum absolute atomic E-state index is 11.9. The molecule has 1 heterocycles. The second kappa shape index (κ2) is 6.06. The highest BCUT2D eigenvalue weighted by Crippen LogP contribution is 2.27. The van der Waals surface area contributed by atoms with Gasteiger partial charge in [0.05, 0.1) is 11.8 Å². The first-order valence-electron chi connectivity index (χ1n) is 6.45. The Morgan fingerprint density at radius 1 is 1.55 bits per heavy atom. The molecule has 6 heteroatoms. The molecule has 1 aliphatic heterocycles. The molecule has 3 amide bonds. The molecule has 20 heavy (non-hydrogen) atoms. The fourth-order valence-electron chi connectivity index (χ4n) is 2.18. The lowest BCUT2D eigenvalue weighted by Crippen LogP contribution is -2.46. The summed E-state index contributed by atoms with van der Waals surface area (Å²) in [6, 6.07) is 7.07. The summed E-state index contributed by atoms with van der Waals surface area (Å²) in [5.74, 6) is -0.351. The molecule has 2 N–H and O–H groups in total. The van der Waals surface area contributed by atoms with Gasteiger partial charge in [0.2, 0.25) is 5.91 Å². The third-order valence-electron chi connectivity index (χ3n) is 3.19. The molecule has 1 saturated heterocycles. The van der Waals surface area contributed by atoms with Crippen molar-refractivity contribution in [3.8, 4) is 6.07 Å². The number of nitrogens with one attached hydrogen (secondary N) is 2. The second-order valence-corrected chi connectivity index (χ2v) is 4.57. The van der Waals surface area contributed by atoms with Gasteiger partial charge < -0.3 is 10.6 Å². The number of anilines is 2. The van der Waals surface area contributed by atoms with Crippen LogP contribution in [0.15, 0.2) is 18.2 Å². The minimum absolute atomic E-state index is 0.125. The maximum atomic E-state index is 11.9. The predicted molar refractivity (Wildman–Crippen MR) is 75.4 cm³/mol. The lowest BCUT2D eigenvalue weighted by Gasteiger charge is -2.29. The number of nitrogens with zero attached hydrogens (tertiary/aromatic N) is 2. The van der Waals surface area contributed by atoms with Gasteiger partial charge in [-0.15, -0.1) is 0 Å². The van der Waals surface area contributed by atoms with Crippen LogP contribution < -0.4 is 15.5 Å². The van der Waals surface area contributed by atoms with Gasteiger partial charge in [0.25, 0.3) is 0 Å². The minimum atomic E-state index is -0.351. The lowest BCUT2D eigenvalue weighted by molar-refractivity contribution is -0.115. The van der Waals surface area contributed by atoms with Crippen molar-refractivity contribution in [2.24, 2.45) is 0 Å². The molecule has 0 spiro atoms. The van der Waals surface area contributed by atoms with Crippen LogP contribution in [-0.4, -0.2) is 25.0 Å². The molecule has 1 aromatic carbocycles. The van der Waals surface area contributed by atoms with Gasteiger partial charge in [0.15, 0.2) is 0 Å². The Bertz CT molecular complexity index is 577. The molecule has 0 radical (unpaired) electrons. The van der Waals surface area contributed by atoms with E-state index >= 15 is 0 Å². The second-order valence-electron chi connectivity index (χ2n) is 4.57. The first kappa shape index (κ1) is 13.9. The van der Waals surface area contributed by atoms with E-state index in [1.807, 2.05) is 13.0 Å². The van der Waals surface area contributed by atoms with Gasteiger partial charge >= 0.3 is 6.03 Å². The summed E-state index contributed by atoms with van der Waals surface area (Å²) in [6.45, 7) is 3.19. The monoisotopic (exact) mass is 272 g/mol. The van der Waals surface area contributed by atoms with Crippen LogP contribution in [0.2, 0.25) is 0 Å². The van der Waals surface area contributed by atoms with Gasteiger partial charge in [0, 0.05) is 18.8 Å². The fourth-order valence-corrected chi connectivity index (χ4v) is 2.18. The number of hydrogen-bond acceptors (Lipinski definition) is 3. The van der Waals surface area contributed by atoms with Crippen molar-refractivity contribution in [2.45, 2.75) is 19.8 Å². The molecule has 0 aromatic heterocycles. The molecule has 1 fully saturated rings. The van der Waals surface area contributed by atoms with Crippen LogP contribution in [0.3, 0.4) is 0 Å². The SMILES string of the molecule is Cc1c(NC(=O)CC#N)cccc1N1CCCNC1=O. The number of benzene rings is 1. The Morgan fingerprint density at radius 3 is 3.05 bits per heavy atom. The molecule has 0 unspecified atom stereocenters. The van der Waals surface area contributed by atoms with Crippen molar-refractivity contribution < 1.29 is 9.59 Å². The number of hydrogen-bond donors (Lipinski definition) is 2. The summed E-state index contributed by atoms with van der Waals surface area (Å²) in [7, 11) is 0. The third-order valence-corrected chi connectivity index (χ3v) is 3.19. The summed E-state index contributed by atoms with van der Waals surface area (Å²) < 4.78 is 0. The number of amides is 3. The smallest absolute Gasteiger partial charge is 0.321 e. The maximum Gasteiger partial charge on any atom is 0.321 e. The highest BCUT2D eigenvalue weighted by Gasteiger charge is 2.21. The van der Waals surface area contributed by atoms with Crippen molar-refractivity contribution in [1.82, 2.24) is 5.32 Å². The van der Waals surface area contributed by atoms with E-state index in [9.17, 15) is 9.59 Å². The topological polar surface area (TPSA) is 85.2 Å². The molecule has 0 aliphatic carbocycles. The van der Waals surface area contributed by atoms with Crippen molar-refractivity contribution in [1.29, 1.82) is 5.26 Å². The zero-order valence-electron chi connectivity index (χ0n) is 11.3. The first-order valence-corrected chi connectivity index (χ1v) is 6.45. The number of carbonyl (C=O) groups is 2. The van der Waals surface area contributed by atoms with Crippen LogP contribution in [0, 0.1) is 18.3 Å². The van der Waals surface area contributed by atoms with E-state index in [2.05, 4.69) is 10.6 Å². The van der Waals surface area contributed by atoms with Gasteiger partial charge in [-0.1, -0.05) is 6.07 Å². The summed E-state index contributed by atoms with van der Waals surface area (Å²) in [5, 5.41) is 14.0. The van der Waals surface area contributed by atoms with Gasteiger partial charge in [-0.05, 0) is 31.0 Å². The zero-order valence-corrected chi connectivity index (χ0v) is 11.3. The molecule has 0 saturated carbocycles. The number of rotatable bonds is 3. The Hall–Kier alpha value is -2.55. The quantitative estimate of drug-likeness (QED) is 0.879. The number of nitriles is 1.